The summed E-state index contributed by atoms with van der Waals surface area (Å²) in [6.45, 7) is 0. The van der Waals surface area contributed by atoms with Crippen molar-refractivity contribution in [3.8, 4) is 0 Å². The number of benzene rings is 1. The Labute approximate surface area is 104 Å². The zero-order chi connectivity index (χ0) is 12.3. The highest BCUT2D eigenvalue weighted by molar-refractivity contribution is 8.00. The van der Waals surface area contributed by atoms with Crippen molar-refractivity contribution in [3.63, 3.8) is 0 Å². The Morgan fingerprint density at radius 2 is 2.18 bits per heavy atom. The first-order valence-corrected chi connectivity index (χ1v) is 6.80. The Kier molecular flexibility index (Phi) is 4.15. The van der Waals surface area contributed by atoms with Crippen LogP contribution in [-0.2, 0) is 11.2 Å². The predicted octanol–water partition coefficient (Wildman–Crippen LogP) is 3.36. The van der Waals surface area contributed by atoms with Crippen LogP contribution in [0.3, 0.4) is 0 Å². The number of carbonyl (C=O) groups is 1. The Morgan fingerprint density at radius 1 is 1.35 bits per heavy atom. The molecule has 0 spiro atoms. The fourth-order valence-corrected chi connectivity index (χ4v) is 3.24. The summed E-state index contributed by atoms with van der Waals surface area (Å²) in [4.78, 5) is 11.9. The summed E-state index contributed by atoms with van der Waals surface area (Å²) in [7, 11) is 0. The first-order valence-electron chi connectivity index (χ1n) is 5.75. The number of Topliss-reactive ketones (excluding diaryl/α,β-unsaturated/α-hetero) is 1. The first kappa shape index (κ1) is 12.6. The van der Waals surface area contributed by atoms with E-state index in [-0.39, 0.29) is 23.0 Å². The normalized spacial score (nSPS) is 20.2. The van der Waals surface area contributed by atoms with Gasteiger partial charge in [0.25, 0.3) is 0 Å². The summed E-state index contributed by atoms with van der Waals surface area (Å²) in [5, 5.41) is -0.0357. The van der Waals surface area contributed by atoms with E-state index in [1.807, 2.05) is 0 Å². The third-order valence-corrected chi connectivity index (χ3v) is 4.36. The molecular formula is C13H14F2OS. The average molecular weight is 256 g/mol. The highest BCUT2D eigenvalue weighted by Crippen LogP contribution is 2.27. The highest BCUT2D eigenvalue weighted by Gasteiger charge is 2.23. The molecule has 0 amide bonds. The van der Waals surface area contributed by atoms with Gasteiger partial charge in [-0.2, -0.15) is 11.8 Å². The Morgan fingerprint density at radius 3 is 2.88 bits per heavy atom. The largest absolute Gasteiger partial charge is 0.298 e. The zero-order valence-corrected chi connectivity index (χ0v) is 10.2. The number of rotatable bonds is 3. The van der Waals surface area contributed by atoms with Crippen LogP contribution in [0.25, 0.3) is 0 Å². The van der Waals surface area contributed by atoms with Gasteiger partial charge in [0.1, 0.15) is 5.78 Å². The second-order valence-corrected chi connectivity index (χ2v) is 5.52. The fourth-order valence-electron chi connectivity index (χ4n) is 1.98. The van der Waals surface area contributed by atoms with Gasteiger partial charge in [-0.3, -0.25) is 4.79 Å². The van der Waals surface area contributed by atoms with Gasteiger partial charge in [0, 0.05) is 6.42 Å². The molecule has 1 saturated heterocycles. The molecule has 0 aromatic heterocycles. The molecule has 0 bridgehead atoms. The van der Waals surface area contributed by atoms with Crippen molar-refractivity contribution in [2.24, 2.45) is 0 Å². The molecule has 0 N–H and O–H groups in total. The van der Waals surface area contributed by atoms with Crippen molar-refractivity contribution in [1.29, 1.82) is 0 Å². The van der Waals surface area contributed by atoms with Crippen LogP contribution < -0.4 is 0 Å². The molecule has 1 heterocycles. The number of hydrogen-bond donors (Lipinski definition) is 0. The molecule has 1 nitrogen and oxygen atoms in total. The van der Waals surface area contributed by atoms with Gasteiger partial charge in [-0.1, -0.05) is 18.6 Å². The summed E-state index contributed by atoms with van der Waals surface area (Å²) >= 11 is 1.63. The van der Waals surface area contributed by atoms with Gasteiger partial charge in [-0.15, -0.1) is 0 Å². The van der Waals surface area contributed by atoms with E-state index in [4.69, 9.17) is 0 Å². The minimum Gasteiger partial charge on any atom is -0.298 e. The molecule has 1 aliphatic rings. The maximum atomic E-state index is 13.4. The smallest absolute Gasteiger partial charge is 0.162 e. The standard InChI is InChI=1S/C13H14F2OS/c14-10-5-3-4-9(13(10)15)8-11(16)12-6-1-2-7-17-12/h3-5,12H,1-2,6-8H2. The van der Waals surface area contributed by atoms with Crippen molar-refractivity contribution >= 4 is 17.5 Å². The van der Waals surface area contributed by atoms with Gasteiger partial charge in [0.15, 0.2) is 11.6 Å². The number of hydrogen-bond acceptors (Lipinski definition) is 2. The van der Waals surface area contributed by atoms with E-state index in [0.717, 1.165) is 31.1 Å². The van der Waals surface area contributed by atoms with E-state index in [0.29, 0.717) is 0 Å². The molecule has 1 fully saturated rings. The summed E-state index contributed by atoms with van der Waals surface area (Å²) in [5.74, 6) is -0.769. The molecule has 1 atom stereocenters. The van der Waals surface area contributed by atoms with E-state index in [9.17, 15) is 13.6 Å². The van der Waals surface area contributed by atoms with Crippen LogP contribution in [0.15, 0.2) is 18.2 Å². The minimum atomic E-state index is -0.887. The lowest BCUT2D eigenvalue weighted by Crippen LogP contribution is -2.23. The lowest BCUT2D eigenvalue weighted by molar-refractivity contribution is -0.118. The van der Waals surface area contributed by atoms with Crippen molar-refractivity contribution in [3.05, 3.63) is 35.4 Å². The average Bonchev–Trinajstić information content (AvgIpc) is 2.36. The van der Waals surface area contributed by atoms with E-state index in [2.05, 4.69) is 0 Å². The Bertz CT molecular complexity index is 414. The molecule has 92 valence electrons. The van der Waals surface area contributed by atoms with Crippen LogP contribution in [0.1, 0.15) is 24.8 Å². The van der Waals surface area contributed by atoms with Crippen molar-refractivity contribution < 1.29 is 13.6 Å². The van der Waals surface area contributed by atoms with E-state index < -0.39 is 11.6 Å². The Hall–Kier alpha value is -0.900. The monoisotopic (exact) mass is 256 g/mol. The topological polar surface area (TPSA) is 17.1 Å². The van der Waals surface area contributed by atoms with Crippen molar-refractivity contribution in [2.75, 3.05) is 5.75 Å². The maximum absolute atomic E-state index is 13.4. The molecule has 17 heavy (non-hydrogen) atoms. The predicted molar refractivity (Wildman–Crippen MR) is 65.2 cm³/mol. The maximum Gasteiger partial charge on any atom is 0.162 e. The van der Waals surface area contributed by atoms with Crippen LogP contribution in [0.4, 0.5) is 8.78 Å². The molecule has 1 aliphatic heterocycles. The molecule has 2 rings (SSSR count). The number of thioether (sulfide) groups is 1. The Balaban J connectivity index is 2.04. The zero-order valence-electron chi connectivity index (χ0n) is 9.42. The molecule has 1 unspecified atom stereocenters. The number of carbonyl (C=O) groups excluding carboxylic acids is 1. The van der Waals surface area contributed by atoms with Crippen LogP contribution >= 0.6 is 11.8 Å². The van der Waals surface area contributed by atoms with E-state index in [1.165, 1.54) is 12.1 Å². The highest BCUT2D eigenvalue weighted by atomic mass is 32.2. The third-order valence-electron chi connectivity index (χ3n) is 2.94. The fraction of sp³-hybridized carbons (Fsp3) is 0.462. The molecule has 0 radical (unpaired) electrons. The van der Waals surface area contributed by atoms with Crippen LogP contribution in [-0.4, -0.2) is 16.8 Å². The van der Waals surface area contributed by atoms with E-state index >= 15 is 0 Å². The lowest BCUT2D eigenvalue weighted by Gasteiger charge is -2.19. The SMILES string of the molecule is O=C(Cc1cccc(F)c1F)C1CCCCS1. The summed E-state index contributed by atoms with van der Waals surface area (Å²) in [5.41, 5.74) is 0.168. The second kappa shape index (κ2) is 5.63. The molecule has 1 aromatic rings. The molecule has 0 aliphatic carbocycles. The molecular weight excluding hydrogens is 242 g/mol. The van der Waals surface area contributed by atoms with Gasteiger partial charge in [-0.05, 0) is 30.2 Å². The van der Waals surface area contributed by atoms with Crippen LogP contribution in [0, 0.1) is 11.6 Å². The summed E-state index contributed by atoms with van der Waals surface area (Å²) < 4.78 is 26.4. The molecule has 4 heteroatoms. The summed E-state index contributed by atoms with van der Waals surface area (Å²) in [6, 6.07) is 3.98. The third kappa shape index (κ3) is 3.06. The van der Waals surface area contributed by atoms with Gasteiger partial charge in [0.05, 0.1) is 5.25 Å². The minimum absolute atomic E-state index is 0.00125. The summed E-state index contributed by atoms with van der Waals surface area (Å²) in [6.07, 6.45) is 3.06. The van der Waals surface area contributed by atoms with Gasteiger partial charge in [-0.25, -0.2) is 8.78 Å². The van der Waals surface area contributed by atoms with Gasteiger partial charge >= 0.3 is 0 Å². The number of halogens is 2. The van der Waals surface area contributed by atoms with Crippen molar-refractivity contribution in [1.82, 2.24) is 0 Å². The van der Waals surface area contributed by atoms with Crippen LogP contribution in [0.5, 0.6) is 0 Å². The van der Waals surface area contributed by atoms with E-state index in [1.54, 1.807) is 11.8 Å². The van der Waals surface area contributed by atoms with Gasteiger partial charge < -0.3 is 0 Å². The van der Waals surface area contributed by atoms with Crippen LogP contribution in [0.2, 0.25) is 0 Å². The molecule has 0 saturated carbocycles. The van der Waals surface area contributed by atoms with Crippen molar-refractivity contribution in [2.45, 2.75) is 30.9 Å². The molecule has 1 aromatic carbocycles. The number of ketones is 1. The first-order chi connectivity index (χ1) is 8.18. The lowest BCUT2D eigenvalue weighted by atomic mass is 10.0. The second-order valence-electron chi connectivity index (χ2n) is 4.21. The van der Waals surface area contributed by atoms with Gasteiger partial charge in [0.2, 0.25) is 0 Å². The quantitative estimate of drug-likeness (QED) is 0.825.